The number of benzene rings is 3. The molecule has 2 heterocycles. The summed E-state index contributed by atoms with van der Waals surface area (Å²) in [6, 6.07) is 17.2. The molecular weight excluding hydrogens is 642 g/mol. The van der Waals surface area contributed by atoms with E-state index in [4.69, 9.17) is 14.2 Å². The van der Waals surface area contributed by atoms with E-state index in [1.165, 1.54) is 22.7 Å². The molecular formula is C35H36FN3O6S2. The van der Waals surface area contributed by atoms with Crippen molar-refractivity contribution in [1.29, 1.82) is 0 Å². The van der Waals surface area contributed by atoms with Crippen LogP contribution in [0.25, 0.3) is 5.76 Å². The number of anilines is 1. The fourth-order valence-corrected chi connectivity index (χ4v) is 6.83. The first-order valence-corrected chi connectivity index (χ1v) is 17.1. The number of ether oxygens (including phenoxy) is 3. The molecule has 1 unspecified atom stereocenters. The number of aliphatic hydroxyl groups excluding tert-OH is 1. The van der Waals surface area contributed by atoms with Gasteiger partial charge in [0.05, 0.1) is 31.4 Å². The number of aliphatic hydroxyl groups is 1. The summed E-state index contributed by atoms with van der Waals surface area (Å²) in [5, 5.41) is 20.2. The third-order valence-corrected chi connectivity index (χ3v) is 9.43. The minimum absolute atomic E-state index is 0.106. The van der Waals surface area contributed by atoms with Gasteiger partial charge in [-0.3, -0.25) is 14.5 Å². The van der Waals surface area contributed by atoms with Crippen LogP contribution < -0.4 is 19.1 Å². The van der Waals surface area contributed by atoms with Crippen molar-refractivity contribution in [3.05, 3.63) is 94.8 Å². The molecule has 3 aromatic carbocycles. The van der Waals surface area contributed by atoms with Crippen LogP contribution in [-0.4, -0.2) is 46.8 Å². The van der Waals surface area contributed by atoms with E-state index in [9.17, 15) is 19.1 Å². The number of hydrogen-bond acceptors (Lipinski definition) is 10. The molecule has 1 fully saturated rings. The molecule has 1 saturated heterocycles. The van der Waals surface area contributed by atoms with Crippen molar-refractivity contribution in [2.75, 3.05) is 24.7 Å². The van der Waals surface area contributed by atoms with Gasteiger partial charge in [0.15, 0.2) is 15.8 Å². The highest BCUT2D eigenvalue weighted by Gasteiger charge is 2.48. The molecule has 4 aromatic rings. The summed E-state index contributed by atoms with van der Waals surface area (Å²) in [7, 11) is 0. The lowest BCUT2D eigenvalue weighted by molar-refractivity contribution is -0.132. The lowest BCUT2D eigenvalue weighted by Crippen LogP contribution is -2.29. The van der Waals surface area contributed by atoms with E-state index in [2.05, 4.69) is 24.0 Å². The predicted molar refractivity (Wildman–Crippen MR) is 181 cm³/mol. The maximum atomic E-state index is 14.2. The Hall–Kier alpha value is -4.42. The van der Waals surface area contributed by atoms with Crippen molar-refractivity contribution in [2.45, 2.75) is 50.3 Å². The topological polar surface area (TPSA) is 111 Å². The first-order valence-electron chi connectivity index (χ1n) is 15.3. The number of rotatable bonds is 14. The molecule has 0 spiro atoms. The normalized spacial score (nSPS) is 15.8. The summed E-state index contributed by atoms with van der Waals surface area (Å²) in [6.07, 6.45) is 0.851. The van der Waals surface area contributed by atoms with E-state index in [0.29, 0.717) is 69.8 Å². The van der Waals surface area contributed by atoms with Crippen LogP contribution in [0.2, 0.25) is 0 Å². The zero-order valence-electron chi connectivity index (χ0n) is 26.6. The number of ketones is 1. The van der Waals surface area contributed by atoms with Gasteiger partial charge in [0.25, 0.3) is 5.78 Å². The summed E-state index contributed by atoms with van der Waals surface area (Å²) in [6.45, 7) is 9.26. The summed E-state index contributed by atoms with van der Waals surface area (Å²) in [4.78, 5) is 28.7. The van der Waals surface area contributed by atoms with Gasteiger partial charge in [-0.05, 0) is 79.8 Å². The van der Waals surface area contributed by atoms with Gasteiger partial charge in [-0.25, -0.2) is 4.39 Å². The van der Waals surface area contributed by atoms with E-state index < -0.39 is 17.7 Å². The second-order valence-electron chi connectivity index (χ2n) is 11.0. The molecule has 0 bridgehead atoms. The smallest absolute Gasteiger partial charge is 0.301 e. The SMILES string of the molecule is CCOc1ccc(/C(O)=C2\C(=O)C(=O)N(c3nnc(SCc4ccccc4F)s3)C2c2ccc(OCCC(C)C)c(OCC)c2)cc1. The van der Waals surface area contributed by atoms with Gasteiger partial charge in [0.2, 0.25) is 5.13 Å². The highest BCUT2D eigenvalue weighted by atomic mass is 32.2. The van der Waals surface area contributed by atoms with Crippen LogP contribution >= 0.6 is 23.1 Å². The van der Waals surface area contributed by atoms with Gasteiger partial charge in [-0.2, -0.15) is 0 Å². The van der Waals surface area contributed by atoms with E-state index in [1.807, 2.05) is 13.8 Å². The quantitative estimate of drug-likeness (QED) is 0.0470. The number of nitrogens with zero attached hydrogens (tertiary/aromatic N) is 3. The fourth-order valence-electron chi connectivity index (χ4n) is 4.98. The summed E-state index contributed by atoms with van der Waals surface area (Å²) in [5.74, 6) is -0.0667. The third kappa shape index (κ3) is 7.77. The molecule has 5 rings (SSSR count). The number of thioether (sulfide) groups is 1. The Morgan fingerprint density at radius 2 is 1.72 bits per heavy atom. The van der Waals surface area contributed by atoms with Crippen LogP contribution in [0.5, 0.6) is 17.2 Å². The highest BCUT2D eigenvalue weighted by Crippen LogP contribution is 2.46. The third-order valence-electron chi connectivity index (χ3n) is 7.33. The first kappa shape index (κ1) is 33.9. The van der Waals surface area contributed by atoms with Crippen molar-refractivity contribution in [1.82, 2.24) is 10.2 Å². The van der Waals surface area contributed by atoms with E-state index in [1.54, 1.807) is 60.7 Å². The molecule has 0 saturated carbocycles. The van der Waals surface area contributed by atoms with Gasteiger partial charge in [-0.1, -0.05) is 61.2 Å². The Labute approximate surface area is 281 Å². The Morgan fingerprint density at radius 1 is 0.979 bits per heavy atom. The van der Waals surface area contributed by atoms with E-state index in [0.717, 1.165) is 17.8 Å². The predicted octanol–water partition coefficient (Wildman–Crippen LogP) is 7.82. The van der Waals surface area contributed by atoms with Crippen molar-refractivity contribution < 1.29 is 33.3 Å². The Balaban J connectivity index is 1.56. The van der Waals surface area contributed by atoms with E-state index in [-0.39, 0.29) is 22.3 Å². The second kappa shape index (κ2) is 15.4. The molecule has 0 aliphatic carbocycles. The molecule has 47 heavy (non-hydrogen) atoms. The van der Waals surface area contributed by atoms with Gasteiger partial charge >= 0.3 is 5.91 Å². The molecule has 1 amide bonds. The summed E-state index contributed by atoms with van der Waals surface area (Å²) < 4.78 is 32.2. The minimum atomic E-state index is -1.05. The van der Waals surface area contributed by atoms with Crippen molar-refractivity contribution in [3.8, 4) is 17.2 Å². The first-order chi connectivity index (χ1) is 22.7. The Morgan fingerprint density at radius 3 is 2.43 bits per heavy atom. The van der Waals surface area contributed by atoms with Crippen LogP contribution in [0.1, 0.15) is 56.8 Å². The van der Waals surface area contributed by atoms with Gasteiger partial charge in [-0.15, -0.1) is 10.2 Å². The van der Waals surface area contributed by atoms with Crippen molar-refractivity contribution >= 4 is 45.7 Å². The Bertz CT molecular complexity index is 1760. The number of carbonyl (C=O) groups is 2. The molecule has 12 heteroatoms. The molecule has 246 valence electrons. The van der Waals surface area contributed by atoms with Crippen LogP contribution in [0.4, 0.5) is 9.52 Å². The van der Waals surface area contributed by atoms with Gasteiger partial charge in [0, 0.05) is 11.3 Å². The standard InChI is InChI=1S/C35H36FN3O6S2/c1-5-43-25-14-11-22(12-15-25)31(40)29-30(23-13-16-27(28(19-23)44-6-2)45-18-17-21(3)4)39(33(42)32(29)41)34-37-38-35(47-34)46-20-24-9-7-8-10-26(24)36/h7-16,19,21,30,40H,5-6,17-18,20H2,1-4H3/b31-29+. The molecule has 1 aromatic heterocycles. The van der Waals surface area contributed by atoms with Crippen molar-refractivity contribution in [2.24, 2.45) is 5.92 Å². The molecule has 1 aliphatic heterocycles. The lowest BCUT2D eigenvalue weighted by Gasteiger charge is -2.24. The molecule has 9 nitrogen and oxygen atoms in total. The average molecular weight is 678 g/mol. The zero-order chi connectivity index (χ0) is 33.5. The minimum Gasteiger partial charge on any atom is -0.507 e. The Kier molecular flexibility index (Phi) is 11.2. The van der Waals surface area contributed by atoms with Crippen LogP contribution in [0.3, 0.4) is 0 Å². The monoisotopic (exact) mass is 677 g/mol. The maximum Gasteiger partial charge on any atom is 0.301 e. The number of hydrogen-bond donors (Lipinski definition) is 1. The number of Topliss-reactive ketones (excluding diaryl/α,β-unsaturated/α-hetero) is 1. The van der Waals surface area contributed by atoms with Crippen LogP contribution in [0.15, 0.2) is 76.6 Å². The summed E-state index contributed by atoms with van der Waals surface area (Å²) in [5.41, 5.74) is 1.25. The number of carbonyl (C=O) groups excluding carboxylic acids is 2. The van der Waals surface area contributed by atoms with Crippen LogP contribution in [0, 0.1) is 11.7 Å². The number of aromatic nitrogens is 2. The molecule has 1 N–H and O–H groups in total. The fraction of sp³-hybridized carbons (Fsp3) is 0.314. The van der Waals surface area contributed by atoms with Gasteiger partial charge < -0.3 is 19.3 Å². The lowest BCUT2D eigenvalue weighted by atomic mass is 9.95. The molecule has 1 atom stereocenters. The number of amides is 1. The second-order valence-corrected chi connectivity index (χ2v) is 13.2. The maximum absolute atomic E-state index is 14.2. The zero-order valence-corrected chi connectivity index (χ0v) is 28.2. The van der Waals surface area contributed by atoms with Gasteiger partial charge in [0.1, 0.15) is 17.3 Å². The van der Waals surface area contributed by atoms with E-state index >= 15 is 0 Å². The van der Waals surface area contributed by atoms with Crippen molar-refractivity contribution in [3.63, 3.8) is 0 Å². The number of halogens is 1. The highest BCUT2D eigenvalue weighted by molar-refractivity contribution is 8.00. The molecule has 0 radical (unpaired) electrons. The average Bonchev–Trinajstić information content (AvgIpc) is 3.63. The molecule has 1 aliphatic rings. The summed E-state index contributed by atoms with van der Waals surface area (Å²) >= 11 is 2.37. The van der Waals surface area contributed by atoms with Crippen LogP contribution in [-0.2, 0) is 15.3 Å². The largest absolute Gasteiger partial charge is 0.507 e.